The fourth-order valence-corrected chi connectivity index (χ4v) is 4.36. The lowest BCUT2D eigenvalue weighted by atomic mass is 9.81. The number of nitrogens with two attached hydrogens (primary N) is 1. The molecule has 2 bridgehead atoms. The van der Waals surface area contributed by atoms with E-state index in [1.54, 1.807) is 0 Å². The number of rotatable bonds is 2. The van der Waals surface area contributed by atoms with Gasteiger partial charge in [0.25, 0.3) is 0 Å². The van der Waals surface area contributed by atoms with Crippen LogP contribution in [-0.2, 0) is 0 Å². The second kappa shape index (κ2) is 4.56. The average molecular weight is 315 g/mol. The Bertz CT molecular complexity index is 434. The lowest BCUT2D eigenvalue weighted by Crippen LogP contribution is -2.26. The van der Waals surface area contributed by atoms with Crippen molar-refractivity contribution in [3.8, 4) is 0 Å². The van der Waals surface area contributed by atoms with E-state index in [-0.39, 0.29) is 6.04 Å². The summed E-state index contributed by atoms with van der Waals surface area (Å²) in [5, 5.41) is 0.809. The zero-order valence-electron chi connectivity index (χ0n) is 9.70. The van der Waals surface area contributed by atoms with Crippen LogP contribution < -0.4 is 5.73 Å². The molecular weight excluding hydrogens is 298 g/mol. The minimum Gasteiger partial charge on any atom is -0.324 e. The summed E-state index contributed by atoms with van der Waals surface area (Å²) in [5.74, 6) is 2.41. The highest BCUT2D eigenvalue weighted by molar-refractivity contribution is 9.10. The van der Waals surface area contributed by atoms with Crippen molar-refractivity contribution in [2.45, 2.75) is 31.7 Å². The summed E-state index contributed by atoms with van der Waals surface area (Å²) in [6.45, 7) is 0. The Labute approximate surface area is 116 Å². The van der Waals surface area contributed by atoms with Gasteiger partial charge in [-0.05, 0) is 60.8 Å². The molecule has 4 atom stereocenters. The molecule has 2 aliphatic carbocycles. The van der Waals surface area contributed by atoms with Crippen LogP contribution in [0.2, 0.25) is 5.02 Å². The van der Waals surface area contributed by atoms with Crippen molar-refractivity contribution in [1.29, 1.82) is 0 Å². The van der Waals surface area contributed by atoms with Crippen molar-refractivity contribution >= 4 is 27.5 Å². The lowest BCUT2D eigenvalue weighted by molar-refractivity contribution is 0.284. The Balaban J connectivity index is 1.86. The van der Waals surface area contributed by atoms with Gasteiger partial charge in [-0.25, -0.2) is 0 Å². The summed E-state index contributed by atoms with van der Waals surface area (Å²) in [5.41, 5.74) is 7.56. The van der Waals surface area contributed by atoms with Gasteiger partial charge in [0.1, 0.15) is 0 Å². The van der Waals surface area contributed by atoms with Gasteiger partial charge in [0, 0.05) is 15.5 Å². The lowest BCUT2D eigenvalue weighted by Gasteiger charge is -2.28. The third-order valence-corrected chi connectivity index (χ3v) is 5.41. The second-order valence-corrected chi connectivity index (χ2v) is 6.85. The van der Waals surface area contributed by atoms with E-state index in [4.69, 9.17) is 17.3 Å². The molecule has 17 heavy (non-hydrogen) atoms. The molecule has 2 aliphatic rings. The molecule has 0 amide bonds. The van der Waals surface area contributed by atoms with Gasteiger partial charge >= 0.3 is 0 Å². The number of hydrogen-bond acceptors (Lipinski definition) is 1. The molecule has 3 rings (SSSR count). The Morgan fingerprint density at radius 2 is 2.12 bits per heavy atom. The molecule has 0 aromatic heterocycles. The summed E-state index contributed by atoms with van der Waals surface area (Å²) in [6.07, 6.45) is 5.48. The molecule has 2 N–H and O–H groups in total. The smallest absolute Gasteiger partial charge is 0.0454 e. The number of hydrogen-bond donors (Lipinski definition) is 1. The van der Waals surface area contributed by atoms with Crippen molar-refractivity contribution in [3.63, 3.8) is 0 Å². The van der Waals surface area contributed by atoms with E-state index in [2.05, 4.69) is 22.0 Å². The fraction of sp³-hybridized carbons (Fsp3) is 0.571. The third kappa shape index (κ3) is 2.16. The van der Waals surface area contributed by atoms with Crippen LogP contribution in [0.3, 0.4) is 0 Å². The zero-order valence-corrected chi connectivity index (χ0v) is 12.0. The Morgan fingerprint density at radius 3 is 2.76 bits per heavy atom. The summed E-state index contributed by atoms with van der Waals surface area (Å²) in [7, 11) is 0. The molecule has 0 aliphatic heterocycles. The highest BCUT2D eigenvalue weighted by atomic mass is 79.9. The first-order chi connectivity index (χ1) is 8.15. The summed E-state index contributed by atoms with van der Waals surface area (Å²) in [6, 6.07) is 6.10. The van der Waals surface area contributed by atoms with Gasteiger partial charge in [-0.15, -0.1) is 0 Å². The molecule has 1 aromatic rings. The minimum absolute atomic E-state index is 0.107. The molecule has 1 aromatic carbocycles. The summed E-state index contributed by atoms with van der Waals surface area (Å²) >= 11 is 9.77. The Morgan fingerprint density at radius 1 is 1.29 bits per heavy atom. The molecule has 4 unspecified atom stereocenters. The molecule has 3 heteroatoms. The average Bonchev–Trinajstić information content (AvgIpc) is 2.93. The molecule has 2 saturated carbocycles. The Kier molecular flexibility index (Phi) is 3.22. The molecule has 92 valence electrons. The summed E-state index contributed by atoms with van der Waals surface area (Å²) in [4.78, 5) is 0. The predicted octanol–water partition coefficient (Wildman–Crippen LogP) is 4.54. The fourth-order valence-electron chi connectivity index (χ4n) is 3.73. The van der Waals surface area contributed by atoms with Crippen molar-refractivity contribution in [2.75, 3.05) is 0 Å². The van der Waals surface area contributed by atoms with Crippen molar-refractivity contribution < 1.29 is 0 Å². The molecule has 0 radical (unpaired) electrons. The monoisotopic (exact) mass is 313 g/mol. The van der Waals surface area contributed by atoms with E-state index >= 15 is 0 Å². The van der Waals surface area contributed by atoms with Crippen LogP contribution in [0.1, 0.15) is 37.3 Å². The van der Waals surface area contributed by atoms with Gasteiger partial charge in [-0.3, -0.25) is 0 Å². The minimum atomic E-state index is 0.107. The molecule has 0 saturated heterocycles. The highest BCUT2D eigenvalue weighted by Crippen LogP contribution is 2.52. The third-order valence-electron chi connectivity index (χ3n) is 4.57. The normalized spacial score (nSPS) is 33.0. The maximum atomic E-state index is 6.45. The van der Waals surface area contributed by atoms with Crippen LogP contribution in [0.15, 0.2) is 22.7 Å². The first kappa shape index (κ1) is 12.0. The first-order valence-electron chi connectivity index (χ1n) is 6.35. The number of benzene rings is 1. The van der Waals surface area contributed by atoms with Crippen molar-refractivity contribution in [1.82, 2.24) is 0 Å². The standard InChI is InChI=1S/C14H17BrClN/c15-10-3-4-13(16)12(7-10)14(17)11-6-8-1-2-9(11)5-8/h3-4,7-9,11,14H,1-2,5-6,17H2. The van der Waals surface area contributed by atoms with Crippen LogP contribution in [0.4, 0.5) is 0 Å². The first-order valence-corrected chi connectivity index (χ1v) is 7.53. The van der Waals surface area contributed by atoms with E-state index in [9.17, 15) is 0 Å². The SMILES string of the molecule is NC(c1cc(Br)ccc1Cl)C1CC2CCC1C2. The van der Waals surface area contributed by atoms with Gasteiger partial charge in [0.15, 0.2) is 0 Å². The second-order valence-electron chi connectivity index (χ2n) is 5.53. The number of halogens is 2. The molecule has 0 heterocycles. The van der Waals surface area contributed by atoms with Gasteiger partial charge < -0.3 is 5.73 Å². The van der Waals surface area contributed by atoms with Gasteiger partial charge in [0.05, 0.1) is 0 Å². The van der Waals surface area contributed by atoms with E-state index < -0.39 is 0 Å². The predicted molar refractivity (Wildman–Crippen MR) is 75.0 cm³/mol. The quantitative estimate of drug-likeness (QED) is 0.852. The number of fused-ring (bicyclic) bond motifs is 2. The molecule has 0 spiro atoms. The van der Waals surface area contributed by atoms with Gasteiger partial charge in [0.2, 0.25) is 0 Å². The largest absolute Gasteiger partial charge is 0.324 e. The van der Waals surface area contributed by atoms with E-state index in [1.165, 1.54) is 25.7 Å². The van der Waals surface area contributed by atoms with Gasteiger partial charge in [-0.1, -0.05) is 34.0 Å². The van der Waals surface area contributed by atoms with Gasteiger partial charge in [-0.2, -0.15) is 0 Å². The molecular formula is C14H17BrClN. The molecule has 1 nitrogen and oxygen atoms in total. The summed E-state index contributed by atoms with van der Waals surface area (Å²) < 4.78 is 1.07. The van der Waals surface area contributed by atoms with Crippen LogP contribution >= 0.6 is 27.5 Å². The van der Waals surface area contributed by atoms with Crippen LogP contribution in [0.25, 0.3) is 0 Å². The zero-order chi connectivity index (χ0) is 12.0. The van der Waals surface area contributed by atoms with Crippen LogP contribution in [0.5, 0.6) is 0 Å². The van der Waals surface area contributed by atoms with E-state index in [0.717, 1.165) is 26.9 Å². The maximum absolute atomic E-state index is 6.45. The Hall–Kier alpha value is -0.0500. The molecule has 2 fully saturated rings. The van der Waals surface area contributed by atoms with Crippen molar-refractivity contribution in [2.24, 2.45) is 23.5 Å². The van der Waals surface area contributed by atoms with E-state index in [1.807, 2.05) is 12.1 Å². The van der Waals surface area contributed by atoms with Crippen LogP contribution in [0, 0.1) is 17.8 Å². The maximum Gasteiger partial charge on any atom is 0.0454 e. The topological polar surface area (TPSA) is 26.0 Å². The highest BCUT2D eigenvalue weighted by Gasteiger charge is 2.42. The van der Waals surface area contributed by atoms with Crippen molar-refractivity contribution in [3.05, 3.63) is 33.3 Å². The van der Waals surface area contributed by atoms with Crippen LogP contribution in [-0.4, -0.2) is 0 Å². The van der Waals surface area contributed by atoms with E-state index in [0.29, 0.717) is 5.92 Å².